The lowest BCUT2D eigenvalue weighted by molar-refractivity contribution is -0.871. The Labute approximate surface area is 123 Å². The maximum Gasteiger partial charge on any atom is 0.280 e. The normalized spacial score (nSPS) is 12.2. The van der Waals surface area contributed by atoms with Gasteiger partial charge >= 0.3 is 0 Å². The third kappa shape index (κ3) is 4.94. The van der Waals surface area contributed by atoms with Gasteiger partial charge in [0.2, 0.25) is 0 Å². The topological polar surface area (TPSA) is 73.7 Å². The maximum atomic E-state index is 11.9. The minimum absolute atomic E-state index is 0.0754. The molecular formula is C14H22N2O3S. The Kier molecular flexibility index (Phi) is 6.67. The molecule has 1 heterocycles. The summed E-state index contributed by atoms with van der Waals surface area (Å²) in [5.41, 5.74) is 0.0754. The Balaban J connectivity index is 2.65. The number of hydrogen-bond donors (Lipinski definition) is 2. The van der Waals surface area contributed by atoms with Gasteiger partial charge in [0.25, 0.3) is 5.91 Å². The first-order valence-corrected chi connectivity index (χ1v) is 7.74. The van der Waals surface area contributed by atoms with E-state index in [1.54, 1.807) is 6.07 Å². The molecule has 0 spiro atoms. The molecule has 2 N–H and O–H groups in total. The number of aromatic carboxylic acids is 1. The molecule has 0 radical (unpaired) electrons. The molecule has 0 aliphatic rings. The van der Waals surface area contributed by atoms with Gasteiger partial charge < -0.3 is 20.1 Å². The molecule has 1 rings (SSSR count). The van der Waals surface area contributed by atoms with Crippen molar-refractivity contribution in [2.24, 2.45) is 0 Å². The van der Waals surface area contributed by atoms with E-state index in [9.17, 15) is 14.7 Å². The van der Waals surface area contributed by atoms with E-state index >= 15 is 0 Å². The van der Waals surface area contributed by atoms with Gasteiger partial charge in [-0.3, -0.25) is 4.79 Å². The highest BCUT2D eigenvalue weighted by molar-refractivity contribution is 7.16. The summed E-state index contributed by atoms with van der Waals surface area (Å²) < 4.78 is 0. The van der Waals surface area contributed by atoms with E-state index < -0.39 is 5.97 Å². The Bertz CT molecular complexity index is 471. The van der Waals surface area contributed by atoms with Crippen LogP contribution in [0.2, 0.25) is 0 Å². The summed E-state index contributed by atoms with van der Waals surface area (Å²) in [7, 11) is 1.96. The van der Waals surface area contributed by atoms with Gasteiger partial charge in [-0.25, -0.2) is 0 Å². The summed E-state index contributed by atoms with van der Waals surface area (Å²) in [5.74, 6) is -1.41. The molecule has 112 valence electrons. The van der Waals surface area contributed by atoms with E-state index in [-0.39, 0.29) is 11.5 Å². The number of carboxylic acids is 1. The van der Waals surface area contributed by atoms with Crippen molar-refractivity contribution < 1.29 is 19.6 Å². The van der Waals surface area contributed by atoms with Gasteiger partial charge in [-0.1, -0.05) is 20.3 Å². The highest BCUT2D eigenvalue weighted by atomic mass is 32.1. The van der Waals surface area contributed by atoms with Gasteiger partial charge in [-0.15, -0.1) is 11.3 Å². The fraction of sp³-hybridized carbons (Fsp3) is 0.571. The Hall–Kier alpha value is -1.40. The number of likely N-dealkylation sites (N-methyl/N-ethyl adjacent to an activating group) is 1. The zero-order valence-electron chi connectivity index (χ0n) is 12.2. The monoisotopic (exact) mass is 298 g/mol. The lowest BCUT2D eigenvalue weighted by atomic mass is 10.2. The Morgan fingerprint density at radius 1 is 1.40 bits per heavy atom. The molecule has 0 aromatic carbocycles. The molecule has 1 aromatic rings. The molecule has 0 aliphatic carbocycles. The number of carbonyl (C=O) groups excluding carboxylic acids is 2. The van der Waals surface area contributed by atoms with Gasteiger partial charge in [-0.2, -0.15) is 0 Å². The predicted molar refractivity (Wildman–Crippen MR) is 78.2 cm³/mol. The second kappa shape index (κ2) is 8.01. The smallest absolute Gasteiger partial charge is 0.280 e. The summed E-state index contributed by atoms with van der Waals surface area (Å²) in [6, 6.07) is 1.57. The molecule has 5 nitrogen and oxygen atoms in total. The van der Waals surface area contributed by atoms with Crippen molar-refractivity contribution in [1.29, 1.82) is 0 Å². The average molecular weight is 298 g/mol. The molecule has 1 aromatic heterocycles. The van der Waals surface area contributed by atoms with Crippen LogP contribution in [0, 0.1) is 0 Å². The van der Waals surface area contributed by atoms with Crippen molar-refractivity contribution in [2.45, 2.75) is 33.1 Å². The van der Waals surface area contributed by atoms with Crippen molar-refractivity contribution in [2.75, 3.05) is 25.5 Å². The van der Waals surface area contributed by atoms with Crippen LogP contribution in [0.1, 0.15) is 41.9 Å². The third-order valence-corrected chi connectivity index (χ3v) is 4.22. The molecule has 20 heavy (non-hydrogen) atoms. The van der Waals surface area contributed by atoms with Crippen LogP contribution in [0.4, 0.5) is 5.00 Å². The zero-order chi connectivity index (χ0) is 15.1. The van der Waals surface area contributed by atoms with E-state index in [4.69, 9.17) is 0 Å². The number of nitrogens with one attached hydrogen (secondary N) is 2. The summed E-state index contributed by atoms with van der Waals surface area (Å²) >= 11 is 1.30. The summed E-state index contributed by atoms with van der Waals surface area (Å²) in [6.07, 6.45) is 2.91. The molecule has 1 amide bonds. The quantitative estimate of drug-likeness (QED) is 0.705. The number of carboxylic acid groups (broad SMARTS) is 1. The number of anilines is 1. The van der Waals surface area contributed by atoms with Crippen LogP contribution in [0.3, 0.4) is 0 Å². The van der Waals surface area contributed by atoms with E-state index in [1.165, 1.54) is 11.3 Å². The molecular weight excluding hydrogens is 276 g/mol. The standard InChI is InChI=1S/C14H22N2O3S/c1-4-6-7-16(3)9-12(17)15-13-11(14(18)19)8-10(5-2)20-13/h8H,4-7,9H2,1-3H3,(H,15,17)(H,18,19). The number of unbranched alkanes of at least 4 members (excludes halogenated alkanes) is 1. The summed E-state index contributed by atoms with van der Waals surface area (Å²) in [6.45, 7) is 5.32. The molecule has 1 unspecified atom stereocenters. The fourth-order valence-electron chi connectivity index (χ4n) is 1.87. The number of hydrogen-bond acceptors (Lipinski definition) is 4. The second-order valence-electron chi connectivity index (χ2n) is 4.88. The summed E-state index contributed by atoms with van der Waals surface area (Å²) in [5, 5.41) is 14.1. The minimum Gasteiger partial charge on any atom is -0.545 e. The average Bonchev–Trinajstić information content (AvgIpc) is 2.79. The molecule has 1 atom stereocenters. The zero-order valence-corrected chi connectivity index (χ0v) is 13.1. The van der Waals surface area contributed by atoms with Crippen LogP contribution in [-0.4, -0.2) is 32.0 Å². The lowest BCUT2D eigenvalue weighted by Crippen LogP contribution is -3.10. The minimum atomic E-state index is -1.25. The van der Waals surface area contributed by atoms with Gasteiger partial charge in [0, 0.05) is 10.4 Å². The molecule has 6 heteroatoms. The number of aryl methyl sites for hydroxylation is 1. The third-order valence-electron chi connectivity index (χ3n) is 3.02. The second-order valence-corrected chi connectivity index (χ2v) is 6.02. The first-order chi connectivity index (χ1) is 9.47. The molecule has 0 saturated heterocycles. The highest BCUT2D eigenvalue weighted by Crippen LogP contribution is 2.27. The van der Waals surface area contributed by atoms with Gasteiger partial charge in [-0.05, 0) is 18.9 Å². The van der Waals surface area contributed by atoms with E-state index in [2.05, 4.69) is 12.2 Å². The first kappa shape index (κ1) is 16.7. The van der Waals surface area contributed by atoms with Crippen LogP contribution >= 0.6 is 11.3 Å². The molecule has 0 saturated carbocycles. The molecule has 0 fully saturated rings. The first-order valence-electron chi connectivity index (χ1n) is 6.93. The highest BCUT2D eigenvalue weighted by Gasteiger charge is 2.15. The Morgan fingerprint density at radius 3 is 2.65 bits per heavy atom. The predicted octanol–water partition coefficient (Wildman–Crippen LogP) is -0.0727. The van der Waals surface area contributed by atoms with Crippen molar-refractivity contribution in [3.05, 3.63) is 16.5 Å². The van der Waals surface area contributed by atoms with E-state index in [0.29, 0.717) is 11.5 Å². The summed E-state index contributed by atoms with van der Waals surface area (Å²) in [4.78, 5) is 25.0. The fourth-order valence-corrected chi connectivity index (χ4v) is 2.87. The number of amides is 1. The van der Waals surface area contributed by atoms with Crippen LogP contribution in [0.15, 0.2) is 6.07 Å². The largest absolute Gasteiger partial charge is 0.545 e. The van der Waals surface area contributed by atoms with Crippen LogP contribution in [0.25, 0.3) is 0 Å². The van der Waals surface area contributed by atoms with Crippen LogP contribution < -0.4 is 15.3 Å². The Morgan fingerprint density at radius 2 is 2.10 bits per heavy atom. The van der Waals surface area contributed by atoms with Gasteiger partial charge in [0.05, 0.1) is 19.6 Å². The van der Waals surface area contributed by atoms with Crippen LogP contribution in [-0.2, 0) is 11.2 Å². The maximum absolute atomic E-state index is 11.9. The number of thiophene rings is 1. The number of carbonyl (C=O) groups is 2. The van der Waals surface area contributed by atoms with Crippen LogP contribution in [0.5, 0.6) is 0 Å². The van der Waals surface area contributed by atoms with Gasteiger partial charge in [0.15, 0.2) is 6.54 Å². The van der Waals surface area contributed by atoms with Crippen molar-refractivity contribution in [3.63, 3.8) is 0 Å². The van der Waals surface area contributed by atoms with E-state index in [0.717, 1.165) is 35.6 Å². The lowest BCUT2D eigenvalue weighted by Gasteiger charge is -2.13. The van der Waals surface area contributed by atoms with Crippen molar-refractivity contribution in [1.82, 2.24) is 0 Å². The van der Waals surface area contributed by atoms with E-state index in [1.807, 2.05) is 14.0 Å². The van der Waals surface area contributed by atoms with Gasteiger partial charge in [0.1, 0.15) is 5.00 Å². The number of quaternary nitrogens is 1. The van der Waals surface area contributed by atoms with Crippen molar-refractivity contribution in [3.8, 4) is 0 Å². The molecule has 0 bridgehead atoms. The molecule has 0 aliphatic heterocycles. The van der Waals surface area contributed by atoms with Crippen molar-refractivity contribution >= 4 is 28.2 Å². The number of rotatable bonds is 8. The SMILES string of the molecule is CCCC[NH+](C)CC(=O)Nc1sc(CC)cc1C(=O)[O-].